The Kier molecular flexibility index (Phi) is 17.3. The van der Waals surface area contributed by atoms with E-state index in [4.69, 9.17) is 18.9 Å². The predicted octanol–water partition coefficient (Wildman–Crippen LogP) is 4.15. The minimum Gasteiger partial charge on any atom is -0.460 e. The van der Waals surface area contributed by atoms with Gasteiger partial charge in [0.05, 0.1) is 19.6 Å². The third kappa shape index (κ3) is 18.3. The van der Waals surface area contributed by atoms with Crippen molar-refractivity contribution < 1.29 is 38.1 Å². The summed E-state index contributed by atoms with van der Waals surface area (Å²) in [6.45, 7) is 22.8. The highest BCUT2D eigenvalue weighted by Crippen LogP contribution is 2.17. The summed E-state index contributed by atoms with van der Waals surface area (Å²) in [4.78, 5) is 60.5. The Morgan fingerprint density at radius 3 is 1.44 bits per heavy atom. The van der Waals surface area contributed by atoms with Crippen molar-refractivity contribution in [3.63, 3.8) is 0 Å². The normalized spacial score (nSPS) is 17.6. The second kappa shape index (κ2) is 20.1. The molecule has 1 aliphatic rings. The van der Waals surface area contributed by atoms with Crippen LogP contribution in [0, 0.1) is 0 Å². The van der Waals surface area contributed by atoms with Crippen LogP contribution < -0.4 is 0 Å². The lowest BCUT2D eigenvalue weighted by atomic mass is 10.0. The number of esters is 4. The van der Waals surface area contributed by atoms with E-state index in [-0.39, 0.29) is 50.1 Å². The number of carbonyl (C=O) groups excluding carboxylic acids is 4. The molecule has 2 rings (SSSR count). The molecule has 1 saturated heterocycles. The van der Waals surface area contributed by atoms with Gasteiger partial charge in [0.1, 0.15) is 29.5 Å². The van der Waals surface area contributed by atoms with Gasteiger partial charge < -0.3 is 18.9 Å². The monoisotopic (exact) mass is 704 g/mol. The molecule has 0 unspecified atom stereocenters. The van der Waals surface area contributed by atoms with Crippen LogP contribution in [-0.2, 0) is 44.7 Å². The van der Waals surface area contributed by atoms with Gasteiger partial charge in [0.2, 0.25) is 0 Å². The molecule has 0 spiro atoms. The standard InChI is InChI=1S/C38H64N4O8/c1-11-17-38(9,10)50-34(45)28-41-21-19-39(26-32(43)48-36(3,4)5)18-20-40(27-33(44)49-37(6,7)8)22-24-42(25-23-41)30(2)35(46)47-29-31-15-13-12-14-16-31/h12-16,30H,11,17-29H2,1-10H3/t30-/m0/s1. The molecule has 1 aromatic carbocycles. The molecular weight excluding hydrogens is 640 g/mol. The molecule has 1 atom stereocenters. The molecule has 284 valence electrons. The van der Waals surface area contributed by atoms with Crippen molar-refractivity contribution in [3.05, 3.63) is 35.9 Å². The summed E-state index contributed by atoms with van der Waals surface area (Å²) in [5.41, 5.74) is -0.944. The van der Waals surface area contributed by atoms with E-state index in [9.17, 15) is 19.2 Å². The number of ether oxygens (including phenoxy) is 4. The van der Waals surface area contributed by atoms with Gasteiger partial charge in [0.25, 0.3) is 0 Å². The van der Waals surface area contributed by atoms with Gasteiger partial charge in [-0.25, -0.2) is 0 Å². The van der Waals surface area contributed by atoms with E-state index in [0.29, 0.717) is 52.4 Å². The minimum atomic E-state index is -0.633. The lowest BCUT2D eigenvalue weighted by Gasteiger charge is -2.36. The number of hydrogen-bond acceptors (Lipinski definition) is 12. The quantitative estimate of drug-likeness (QED) is 0.217. The molecule has 0 aromatic heterocycles. The van der Waals surface area contributed by atoms with Gasteiger partial charge in [0, 0.05) is 52.4 Å². The van der Waals surface area contributed by atoms with E-state index in [1.807, 2.05) is 112 Å². The van der Waals surface area contributed by atoms with Gasteiger partial charge >= 0.3 is 23.9 Å². The Labute approximate surface area is 300 Å². The first-order valence-corrected chi connectivity index (χ1v) is 18.0. The van der Waals surface area contributed by atoms with E-state index in [1.165, 1.54) is 0 Å². The van der Waals surface area contributed by atoms with E-state index >= 15 is 0 Å². The lowest BCUT2D eigenvalue weighted by Crippen LogP contribution is -2.52. The first-order chi connectivity index (χ1) is 23.2. The summed E-state index contributed by atoms with van der Waals surface area (Å²) in [6.07, 6.45) is 1.64. The Morgan fingerprint density at radius 2 is 1.04 bits per heavy atom. The Balaban J connectivity index is 2.32. The molecule has 1 heterocycles. The topological polar surface area (TPSA) is 118 Å². The fourth-order valence-electron chi connectivity index (χ4n) is 5.70. The molecule has 0 amide bonds. The Morgan fingerprint density at radius 1 is 0.640 bits per heavy atom. The smallest absolute Gasteiger partial charge is 0.323 e. The largest absolute Gasteiger partial charge is 0.460 e. The van der Waals surface area contributed by atoms with Crippen LogP contribution >= 0.6 is 0 Å². The number of carbonyl (C=O) groups is 4. The molecule has 1 aromatic rings. The van der Waals surface area contributed by atoms with Crippen LogP contribution in [0.2, 0.25) is 0 Å². The van der Waals surface area contributed by atoms with Crippen molar-refractivity contribution in [2.24, 2.45) is 0 Å². The van der Waals surface area contributed by atoms with Crippen LogP contribution in [0.1, 0.15) is 87.6 Å². The zero-order valence-electron chi connectivity index (χ0n) is 32.4. The number of hydrogen-bond donors (Lipinski definition) is 0. The molecule has 0 saturated carbocycles. The zero-order chi connectivity index (χ0) is 37.5. The molecule has 50 heavy (non-hydrogen) atoms. The van der Waals surface area contributed by atoms with Crippen LogP contribution in [-0.4, -0.2) is 138 Å². The average molecular weight is 705 g/mol. The first kappa shape index (κ1) is 43.1. The number of rotatable bonds is 13. The van der Waals surface area contributed by atoms with Crippen LogP contribution in [0.15, 0.2) is 30.3 Å². The first-order valence-electron chi connectivity index (χ1n) is 18.0. The molecule has 1 aliphatic heterocycles. The molecule has 0 N–H and O–H groups in total. The van der Waals surface area contributed by atoms with Crippen molar-refractivity contribution in [2.45, 2.75) is 112 Å². The van der Waals surface area contributed by atoms with Crippen molar-refractivity contribution in [2.75, 3.05) is 72.0 Å². The predicted molar refractivity (Wildman–Crippen MR) is 193 cm³/mol. The highest BCUT2D eigenvalue weighted by atomic mass is 16.6. The zero-order valence-corrected chi connectivity index (χ0v) is 32.4. The Bertz CT molecular complexity index is 1210. The maximum atomic E-state index is 13.3. The maximum Gasteiger partial charge on any atom is 0.323 e. The summed E-state index contributed by atoms with van der Waals surface area (Å²) >= 11 is 0. The van der Waals surface area contributed by atoms with E-state index in [0.717, 1.165) is 18.4 Å². The van der Waals surface area contributed by atoms with E-state index in [1.54, 1.807) is 0 Å². The number of nitrogens with zero attached hydrogens (tertiary/aromatic N) is 4. The molecule has 0 aliphatic carbocycles. The van der Waals surface area contributed by atoms with E-state index in [2.05, 4.69) is 6.92 Å². The van der Waals surface area contributed by atoms with Gasteiger partial charge in [-0.2, -0.15) is 0 Å². The second-order valence-electron chi connectivity index (χ2n) is 15.8. The van der Waals surface area contributed by atoms with Gasteiger partial charge in [-0.3, -0.25) is 38.8 Å². The van der Waals surface area contributed by atoms with Crippen molar-refractivity contribution >= 4 is 23.9 Å². The van der Waals surface area contributed by atoms with Crippen molar-refractivity contribution in [1.29, 1.82) is 0 Å². The Hall–Kier alpha value is -3.06. The summed E-state index contributed by atoms with van der Waals surface area (Å²) in [7, 11) is 0. The minimum absolute atomic E-state index is 0.0593. The highest BCUT2D eigenvalue weighted by molar-refractivity contribution is 5.75. The molecule has 0 radical (unpaired) electrons. The SMILES string of the molecule is CCCC(C)(C)OC(=O)CN1CCN(CC(=O)OC(C)(C)C)CCN(CC(=O)OC(C)(C)C)CCN([C@@H](C)C(=O)OCc2ccccc2)CC1. The fraction of sp³-hybridized carbons (Fsp3) is 0.737. The van der Waals surface area contributed by atoms with Crippen LogP contribution in [0.25, 0.3) is 0 Å². The third-order valence-corrected chi connectivity index (χ3v) is 8.12. The van der Waals surface area contributed by atoms with Crippen LogP contribution in [0.3, 0.4) is 0 Å². The van der Waals surface area contributed by atoms with Gasteiger partial charge in [-0.05, 0) is 74.3 Å². The molecular formula is C38H64N4O8. The van der Waals surface area contributed by atoms with Crippen molar-refractivity contribution in [1.82, 2.24) is 19.6 Å². The summed E-state index contributed by atoms with van der Waals surface area (Å²) in [5, 5.41) is 0. The third-order valence-electron chi connectivity index (χ3n) is 8.12. The van der Waals surface area contributed by atoms with Gasteiger partial charge in [-0.1, -0.05) is 43.7 Å². The van der Waals surface area contributed by atoms with Gasteiger partial charge in [-0.15, -0.1) is 0 Å². The fourth-order valence-corrected chi connectivity index (χ4v) is 5.70. The summed E-state index contributed by atoms with van der Waals surface area (Å²) in [6, 6.07) is 8.96. The molecule has 1 fully saturated rings. The lowest BCUT2D eigenvalue weighted by molar-refractivity contribution is -0.160. The van der Waals surface area contributed by atoms with Crippen LogP contribution in [0.4, 0.5) is 0 Å². The highest BCUT2D eigenvalue weighted by Gasteiger charge is 2.29. The molecule has 12 heteroatoms. The summed E-state index contributed by atoms with van der Waals surface area (Å²) < 4.78 is 22.8. The molecule has 12 nitrogen and oxygen atoms in total. The van der Waals surface area contributed by atoms with Crippen molar-refractivity contribution in [3.8, 4) is 0 Å². The maximum absolute atomic E-state index is 13.3. The molecule has 0 bridgehead atoms. The van der Waals surface area contributed by atoms with Gasteiger partial charge in [0.15, 0.2) is 0 Å². The number of benzene rings is 1. The van der Waals surface area contributed by atoms with E-state index < -0.39 is 22.8 Å². The van der Waals surface area contributed by atoms with Crippen LogP contribution in [0.5, 0.6) is 0 Å². The second-order valence-corrected chi connectivity index (χ2v) is 15.8. The average Bonchev–Trinajstić information content (AvgIpc) is 2.97. The summed E-state index contributed by atoms with van der Waals surface area (Å²) in [5.74, 6) is -1.36.